The number of fused-ring (bicyclic) bond motifs is 1. The van der Waals surface area contributed by atoms with Crippen LogP contribution in [0.5, 0.6) is 0 Å². The second-order valence-electron chi connectivity index (χ2n) is 6.50. The van der Waals surface area contributed by atoms with Crippen molar-refractivity contribution >= 4 is 40.8 Å². The quantitative estimate of drug-likeness (QED) is 0.120. The highest BCUT2D eigenvalue weighted by atomic mass is 31.3. The normalized spacial score (nSPS) is 26.6. The number of hydrogen-bond acceptors (Lipinski definition) is 14. The molecule has 1 aromatic heterocycles. The number of ether oxygens (including phenoxy) is 1. The van der Waals surface area contributed by atoms with Crippen molar-refractivity contribution in [3.63, 3.8) is 0 Å². The SMILES string of the molecule is Nc1ncnc2c1N([N+](=O)[O-])CN2[C@H]1CC(O)[C@@H](COP(=O)(O)OP(=O)(O)OP(=O)(O)O)O1. The number of nitrogen functional groups attached to an aromatic ring is 1. The third kappa shape index (κ3) is 6.21. The molecule has 7 N–H and O–H groups in total. The van der Waals surface area contributed by atoms with Crippen molar-refractivity contribution in [1.29, 1.82) is 0 Å². The van der Waals surface area contributed by atoms with E-state index in [0.29, 0.717) is 5.01 Å². The van der Waals surface area contributed by atoms with Crippen LogP contribution >= 0.6 is 23.5 Å². The van der Waals surface area contributed by atoms with E-state index >= 15 is 0 Å². The lowest BCUT2D eigenvalue weighted by Crippen LogP contribution is -2.41. The molecule has 3 heterocycles. The molecule has 1 aromatic rings. The maximum absolute atomic E-state index is 11.8. The molecule has 0 bridgehead atoms. The molecule has 23 heteroatoms. The van der Waals surface area contributed by atoms with Crippen molar-refractivity contribution in [2.45, 2.75) is 24.9 Å². The lowest BCUT2D eigenvalue weighted by Gasteiger charge is -2.24. The van der Waals surface area contributed by atoms with Crippen LogP contribution in [0.3, 0.4) is 0 Å². The molecule has 2 aliphatic heterocycles. The number of aliphatic hydroxyl groups excluding tert-OH is 1. The van der Waals surface area contributed by atoms with Crippen molar-refractivity contribution in [1.82, 2.24) is 9.97 Å². The molecule has 33 heavy (non-hydrogen) atoms. The largest absolute Gasteiger partial charge is 0.490 e. The topological polar surface area (TPSA) is 291 Å². The molecule has 0 spiro atoms. The van der Waals surface area contributed by atoms with Crippen LogP contribution in [0.2, 0.25) is 0 Å². The van der Waals surface area contributed by atoms with Crippen LogP contribution in [0, 0.1) is 10.1 Å². The fourth-order valence-corrected chi connectivity index (χ4v) is 6.04. The number of hydrazine groups is 1. The zero-order valence-corrected chi connectivity index (χ0v) is 18.7. The van der Waals surface area contributed by atoms with Crippen LogP contribution in [-0.4, -0.2) is 71.4 Å². The minimum Gasteiger partial charge on any atom is -0.390 e. The van der Waals surface area contributed by atoms with E-state index in [-0.39, 0.29) is 30.4 Å². The number of phosphoric acid groups is 3. The van der Waals surface area contributed by atoms with Gasteiger partial charge < -0.3 is 40.1 Å². The summed E-state index contributed by atoms with van der Waals surface area (Å²) in [4.78, 5) is 55.9. The lowest BCUT2D eigenvalue weighted by molar-refractivity contribution is -0.493. The zero-order valence-electron chi connectivity index (χ0n) is 16.0. The van der Waals surface area contributed by atoms with Gasteiger partial charge in [-0.05, 0) is 0 Å². The highest BCUT2D eigenvalue weighted by Crippen LogP contribution is 2.66. The van der Waals surface area contributed by atoms with Gasteiger partial charge in [-0.3, -0.25) is 4.52 Å². The Morgan fingerprint density at radius 3 is 2.48 bits per heavy atom. The van der Waals surface area contributed by atoms with Gasteiger partial charge in [-0.2, -0.15) is 8.62 Å². The molecular weight excluding hydrogens is 521 g/mol. The number of hydrogen-bond donors (Lipinski definition) is 6. The first kappa shape index (κ1) is 25.8. The summed E-state index contributed by atoms with van der Waals surface area (Å²) < 4.78 is 50.9. The lowest BCUT2D eigenvalue weighted by atomic mass is 10.2. The standard InChI is InChI=1S/C10H17N6O14P3/c11-9-8-10(13-3-12-9)14(4-15(8)16(18)19)7-1-5(17)6(28-7)2-27-32(23,24)30-33(25,26)29-31(20,21)22/h3,5-7,17H,1-2,4H2,(H,23,24)(H,25,26)(H2,11,12,13)(H2,20,21,22)/t5?,6-,7-/m1/s1. The number of nitro groups is 1. The Balaban J connectivity index is 1.66. The summed E-state index contributed by atoms with van der Waals surface area (Å²) in [6.07, 6.45) is -2.81. The molecule has 0 amide bonds. The van der Waals surface area contributed by atoms with Crippen molar-refractivity contribution < 1.29 is 61.3 Å². The number of rotatable bonds is 9. The molecular formula is C10H17N6O14P3. The maximum atomic E-state index is 11.8. The van der Waals surface area contributed by atoms with Crippen LogP contribution in [0.1, 0.15) is 6.42 Å². The molecule has 3 rings (SSSR count). The van der Waals surface area contributed by atoms with Gasteiger partial charge in [-0.15, -0.1) is 0 Å². The number of nitrogens with two attached hydrogens (primary N) is 1. The molecule has 0 aromatic carbocycles. The highest BCUT2D eigenvalue weighted by Gasteiger charge is 2.47. The van der Waals surface area contributed by atoms with Crippen LogP contribution in [0.15, 0.2) is 6.33 Å². The molecule has 5 atom stereocenters. The average Bonchev–Trinajstić information content (AvgIpc) is 3.18. The number of aliphatic hydroxyl groups is 1. The molecule has 1 fully saturated rings. The Bertz CT molecular complexity index is 1070. The monoisotopic (exact) mass is 538 g/mol. The molecule has 0 aliphatic carbocycles. The van der Waals surface area contributed by atoms with Crippen LogP contribution in [0.25, 0.3) is 0 Å². The molecule has 186 valence electrons. The Morgan fingerprint density at radius 2 is 1.88 bits per heavy atom. The van der Waals surface area contributed by atoms with E-state index in [1.807, 2.05) is 0 Å². The number of aromatic nitrogens is 2. The highest BCUT2D eigenvalue weighted by molar-refractivity contribution is 7.66. The van der Waals surface area contributed by atoms with E-state index in [9.17, 15) is 33.8 Å². The van der Waals surface area contributed by atoms with Crippen molar-refractivity contribution in [3.8, 4) is 0 Å². The van der Waals surface area contributed by atoms with Gasteiger partial charge in [0.15, 0.2) is 29.0 Å². The Kier molecular flexibility index (Phi) is 7.12. The number of phosphoric ester groups is 1. The predicted molar refractivity (Wildman–Crippen MR) is 102 cm³/mol. The van der Waals surface area contributed by atoms with E-state index in [1.165, 1.54) is 4.90 Å². The molecule has 2 aliphatic rings. The molecule has 3 unspecified atom stereocenters. The first-order valence-corrected chi connectivity index (χ1v) is 13.0. The van der Waals surface area contributed by atoms with Gasteiger partial charge in [0.1, 0.15) is 18.7 Å². The number of nitrogens with zero attached hydrogens (tertiary/aromatic N) is 5. The van der Waals surface area contributed by atoms with Gasteiger partial charge in [0.2, 0.25) is 0 Å². The smallest absolute Gasteiger partial charge is 0.390 e. The molecule has 20 nitrogen and oxygen atoms in total. The second kappa shape index (κ2) is 9.10. The van der Waals surface area contributed by atoms with Crippen LogP contribution in [0.4, 0.5) is 17.3 Å². The summed E-state index contributed by atoms with van der Waals surface area (Å²) in [5.74, 6) is -0.146. The first-order chi connectivity index (χ1) is 15.1. The van der Waals surface area contributed by atoms with E-state index in [0.717, 1.165) is 6.33 Å². The summed E-state index contributed by atoms with van der Waals surface area (Å²) >= 11 is 0. The van der Waals surface area contributed by atoms with Gasteiger partial charge in [0, 0.05) is 6.42 Å². The van der Waals surface area contributed by atoms with Crippen molar-refractivity contribution in [3.05, 3.63) is 16.4 Å². The van der Waals surface area contributed by atoms with Crippen LogP contribution in [-0.2, 0) is 31.6 Å². The van der Waals surface area contributed by atoms with E-state index in [4.69, 9.17) is 25.2 Å². The Labute approximate surface area is 183 Å². The van der Waals surface area contributed by atoms with Crippen molar-refractivity contribution in [2.75, 3.05) is 28.9 Å². The maximum Gasteiger partial charge on any atom is 0.490 e. The zero-order chi connectivity index (χ0) is 24.8. The minimum absolute atomic E-state index is 0.0323. The number of anilines is 3. The van der Waals surface area contributed by atoms with Gasteiger partial charge in [0.25, 0.3) is 0 Å². The van der Waals surface area contributed by atoms with E-state index in [2.05, 4.69) is 23.1 Å². The van der Waals surface area contributed by atoms with Crippen LogP contribution < -0.4 is 15.6 Å². The first-order valence-electron chi connectivity index (χ1n) is 8.49. The predicted octanol–water partition coefficient (Wildman–Crippen LogP) is -1.35. The fraction of sp³-hybridized carbons (Fsp3) is 0.600. The summed E-state index contributed by atoms with van der Waals surface area (Å²) in [5.41, 5.74) is 5.59. The average molecular weight is 538 g/mol. The van der Waals surface area contributed by atoms with Gasteiger partial charge in [-0.1, -0.05) is 5.01 Å². The van der Waals surface area contributed by atoms with Crippen molar-refractivity contribution in [2.24, 2.45) is 0 Å². The summed E-state index contributed by atoms with van der Waals surface area (Å²) in [7, 11) is -16.7. The molecule has 0 saturated carbocycles. The Hall–Kier alpha value is -1.79. The third-order valence-corrected chi connectivity index (χ3v) is 8.02. The fourth-order valence-electron chi connectivity index (χ4n) is 3.01. The molecule has 1 saturated heterocycles. The van der Waals surface area contributed by atoms with Gasteiger partial charge >= 0.3 is 23.5 Å². The minimum atomic E-state index is -5.71. The molecule has 0 radical (unpaired) electrons. The second-order valence-corrected chi connectivity index (χ2v) is 10.9. The van der Waals surface area contributed by atoms with Gasteiger partial charge in [0.05, 0.1) is 12.7 Å². The van der Waals surface area contributed by atoms with E-state index in [1.54, 1.807) is 0 Å². The Morgan fingerprint density at radius 1 is 1.21 bits per heavy atom. The third-order valence-electron chi connectivity index (χ3n) is 4.21. The van der Waals surface area contributed by atoms with E-state index < -0.39 is 53.5 Å². The van der Waals surface area contributed by atoms with Gasteiger partial charge in [-0.25, -0.2) is 33.8 Å². The summed E-state index contributed by atoms with van der Waals surface area (Å²) in [6, 6.07) is 0. The summed E-state index contributed by atoms with van der Waals surface area (Å²) in [6.45, 7) is -1.28. The summed E-state index contributed by atoms with van der Waals surface area (Å²) in [5, 5.41) is 21.4.